The normalized spacial score (nSPS) is 11.6. The summed E-state index contributed by atoms with van der Waals surface area (Å²) in [7, 11) is 1.78. The van der Waals surface area contributed by atoms with Crippen molar-refractivity contribution < 1.29 is 0 Å². The molecule has 0 aliphatic heterocycles. The average Bonchev–Trinajstić information content (AvgIpc) is 2.66. The van der Waals surface area contributed by atoms with Crippen molar-refractivity contribution in [1.82, 2.24) is 25.1 Å². The molecule has 0 unspecified atom stereocenters. The molecule has 5 nitrogen and oxygen atoms in total. The predicted molar refractivity (Wildman–Crippen MR) is 64.3 cm³/mol. The Labute approximate surface area is 102 Å². The van der Waals surface area contributed by atoms with Gasteiger partial charge in [0, 0.05) is 18.5 Å². The number of alkyl halides is 1. The lowest BCUT2D eigenvalue weighted by Gasteiger charge is -2.28. The third-order valence-electron chi connectivity index (χ3n) is 2.72. The monoisotopic (exact) mass is 245 g/mol. The van der Waals surface area contributed by atoms with Crippen molar-refractivity contribution in [1.29, 1.82) is 0 Å². The van der Waals surface area contributed by atoms with Gasteiger partial charge in [-0.25, -0.2) is 0 Å². The highest BCUT2D eigenvalue weighted by molar-refractivity contribution is 6.18. The molecule has 6 heteroatoms. The fourth-order valence-electron chi connectivity index (χ4n) is 1.87. The molecule has 92 valence electrons. The first-order valence-electron chi connectivity index (χ1n) is 5.74. The molecular formula is C10H20ClN5. The lowest BCUT2D eigenvalue weighted by molar-refractivity contribution is 0.183. The van der Waals surface area contributed by atoms with Gasteiger partial charge in [0.05, 0.1) is 13.6 Å². The fourth-order valence-corrected chi connectivity index (χ4v) is 2.09. The molecule has 1 heterocycles. The quantitative estimate of drug-likeness (QED) is 0.682. The Morgan fingerprint density at radius 1 is 1.38 bits per heavy atom. The summed E-state index contributed by atoms with van der Waals surface area (Å²) in [5.74, 6) is 1.40. The summed E-state index contributed by atoms with van der Waals surface area (Å²) in [6, 6.07) is 0.544. The van der Waals surface area contributed by atoms with Gasteiger partial charge in [0.25, 0.3) is 0 Å². The van der Waals surface area contributed by atoms with Crippen LogP contribution in [0.2, 0.25) is 0 Å². The highest BCUT2D eigenvalue weighted by Gasteiger charge is 2.16. The van der Waals surface area contributed by atoms with Crippen LogP contribution in [0.1, 0.15) is 32.5 Å². The molecule has 0 N–H and O–H groups in total. The Morgan fingerprint density at radius 2 is 2.06 bits per heavy atom. The highest BCUT2D eigenvalue weighted by atomic mass is 35.5. The van der Waals surface area contributed by atoms with Crippen LogP contribution >= 0.6 is 11.6 Å². The molecule has 0 aromatic carbocycles. The van der Waals surface area contributed by atoms with Gasteiger partial charge in [-0.05, 0) is 18.1 Å². The van der Waals surface area contributed by atoms with Crippen LogP contribution in [0.5, 0.6) is 0 Å². The third-order valence-corrected chi connectivity index (χ3v) is 2.89. The van der Waals surface area contributed by atoms with Crippen LogP contribution in [0.25, 0.3) is 0 Å². The van der Waals surface area contributed by atoms with Gasteiger partial charge in [-0.2, -0.15) is 4.80 Å². The second-order valence-electron chi connectivity index (χ2n) is 3.82. The molecule has 0 atom stereocenters. The predicted octanol–water partition coefficient (Wildman–Crippen LogP) is 1.44. The summed E-state index contributed by atoms with van der Waals surface area (Å²) >= 11 is 5.82. The number of hydrogen-bond donors (Lipinski definition) is 0. The van der Waals surface area contributed by atoms with E-state index in [0.717, 1.165) is 31.8 Å². The van der Waals surface area contributed by atoms with E-state index in [1.54, 1.807) is 7.05 Å². The molecule has 0 aliphatic carbocycles. The van der Waals surface area contributed by atoms with E-state index >= 15 is 0 Å². The van der Waals surface area contributed by atoms with Crippen LogP contribution in [0.4, 0.5) is 0 Å². The molecule has 0 fully saturated rings. The zero-order valence-electron chi connectivity index (χ0n) is 10.2. The number of rotatable bonds is 7. The Morgan fingerprint density at radius 3 is 2.50 bits per heavy atom. The second kappa shape index (κ2) is 6.81. The maximum atomic E-state index is 5.82. The SMILES string of the molecule is CCC(CC)N(CCCl)Cc1nnn(C)n1. The van der Waals surface area contributed by atoms with Gasteiger partial charge >= 0.3 is 0 Å². The second-order valence-corrected chi connectivity index (χ2v) is 4.20. The van der Waals surface area contributed by atoms with Crippen LogP contribution in [0, 0.1) is 0 Å². The van der Waals surface area contributed by atoms with E-state index < -0.39 is 0 Å². The molecule has 0 amide bonds. The Kier molecular flexibility index (Phi) is 5.69. The smallest absolute Gasteiger partial charge is 0.188 e. The third kappa shape index (κ3) is 3.72. The molecule has 0 saturated carbocycles. The number of tetrazole rings is 1. The lowest BCUT2D eigenvalue weighted by Crippen LogP contribution is -2.35. The summed E-state index contributed by atoms with van der Waals surface area (Å²) < 4.78 is 0. The van der Waals surface area contributed by atoms with Gasteiger partial charge in [0.15, 0.2) is 5.82 Å². The molecule has 1 rings (SSSR count). The molecule has 0 aliphatic rings. The van der Waals surface area contributed by atoms with Gasteiger partial charge in [0.2, 0.25) is 0 Å². The maximum absolute atomic E-state index is 5.82. The van der Waals surface area contributed by atoms with Crippen molar-refractivity contribution in [3.63, 3.8) is 0 Å². The van der Waals surface area contributed by atoms with Gasteiger partial charge in [-0.1, -0.05) is 13.8 Å². The molecule has 0 spiro atoms. The molecule has 0 radical (unpaired) electrons. The summed E-state index contributed by atoms with van der Waals surface area (Å²) in [5.41, 5.74) is 0. The zero-order chi connectivity index (χ0) is 12.0. The average molecular weight is 246 g/mol. The van der Waals surface area contributed by atoms with E-state index in [1.165, 1.54) is 4.80 Å². The minimum absolute atomic E-state index is 0.544. The van der Waals surface area contributed by atoms with Gasteiger partial charge in [0.1, 0.15) is 0 Å². The van der Waals surface area contributed by atoms with Crippen molar-refractivity contribution in [3.05, 3.63) is 5.82 Å². The largest absolute Gasteiger partial charge is 0.292 e. The minimum atomic E-state index is 0.544. The van der Waals surface area contributed by atoms with Crippen molar-refractivity contribution in [3.8, 4) is 0 Å². The van der Waals surface area contributed by atoms with Crippen molar-refractivity contribution >= 4 is 11.6 Å². The molecule has 0 bridgehead atoms. The Hall–Kier alpha value is -0.680. The number of nitrogens with zero attached hydrogens (tertiary/aromatic N) is 5. The summed E-state index contributed by atoms with van der Waals surface area (Å²) in [5, 5.41) is 12.0. The summed E-state index contributed by atoms with van der Waals surface area (Å²) in [4.78, 5) is 3.81. The maximum Gasteiger partial charge on any atom is 0.188 e. The van der Waals surface area contributed by atoms with E-state index in [9.17, 15) is 0 Å². The number of hydrogen-bond acceptors (Lipinski definition) is 4. The Balaban J connectivity index is 2.63. The number of halogens is 1. The molecule has 1 aromatic heterocycles. The highest BCUT2D eigenvalue weighted by Crippen LogP contribution is 2.11. The first-order valence-corrected chi connectivity index (χ1v) is 6.27. The molecule has 16 heavy (non-hydrogen) atoms. The van der Waals surface area contributed by atoms with Crippen LogP contribution < -0.4 is 0 Å². The fraction of sp³-hybridized carbons (Fsp3) is 0.900. The number of aryl methyl sites for hydroxylation is 1. The van der Waals surface area contributed by atoms with Gasteiger partial charge < -0.3 is 0 Å². The van der Waals surface area contributed by atoms with Crippen LogP contribution in [-0.4, -0.2) is 43.6 Å². The summed E-state index contributed by atoms with van der Waals surface area (Å²) in [6.45, 7) is 5.98. The Bertz CT molecular complexity index is 297. The van der Waals surface area contributed by atoms with E-state index in [-0.39, 0.29) is 0 Å². The van der Waals surface area contributed by atoms with E-state index in [1.807, 2.05) is 0 Å². The summed E-state index contributed by atoms with van der Waals surface area (Å²) in [6.07, 6.45) is 2.24. The van der Waals surface area contributed by atoms with E-state index in [0.29, 0.717) is 11.9 Å². The first-order chi connectivity index (χ1) is 7.71. The minimum Gasteiger partial charge on any atom is -0.292 e. The topological polar surface area (TPSA) is 46.8 Å². The van der Waals surface area contributed by atoms with Crippen molar-refractivity contribution in [2.24, 2.45) is 7.05 Å². The van der Waals surface area contributed by atoms with Gasteiger partial charge in [-0.3, -0.25) is 4.90 Å². The molecular weight excluding hydrogens is 226 g/mol. The molecule has 1 aromatic rings. The first kappa shape index (κ1) is 13.4. The van der Waals surface area contributed by atoms with Crippen LogP contribution in [0.3, 0.4) is 0 Å². The standard InChI is InChI=1S/C10H20ClN5/c1-4-9(5-2)16(7-6-11)8-10-12-14-15(3)13-10/h9H,4-8H2,1-3H3. The number of aromatic nitrogens is 4. The van der Waals surface area contributed by atoms with Crippen molar-refractivity contribution in [2.45, 2.75) is 39.3 Å². The van der Waals surface area contributed by atoms with Crippen LogP contribution in [-0.2, 0) is 13.6 Å². The van der Waals surface area contributed by atoms with E-state index in [2.05, 4.69) is 34.2 Å². The van der Waals surface area contributed by atoms with Crippen LogP contribution in [0.15, 0.2) is 0 Å². The zero-order valence-corrected chi connectivity index (χ0v) is 11.0. The lowest BCUT2D eigenvalue weighted by atomic mass is 10.1. The van der Waals surface area contributed by atoms with E-state index in [4.69, 9.17) is 11.6 Å². The van der Waals surface area contributed by atoms with Gasteiger partial charge in [-0.15, -0.1) is 21.8 Å². The molecule has 0 saturated heterocycles. The van der Waals surface area contributed by atoms with Crippen molar-refractivity contribution in [2.75, 3.05) is 12.4 Å².